The average molecular weight is 343 g/mol. The van der Waals surface area contributed by atoms with Gasteiger partial charge in [0.05, 0.1) is 0 Å². The molecule has 0 spiro atoms. The van der Waals surface area contributed by atoms with Crippen LogP contribution in [0.25, 0.3) is 0 Å². The van der Waals surface area contributed by atoms with Gasteiger partial charge < -0.3 is 9.64 Å². The molecule has 3 heterocycles. The number of carbonyl (C=O) groups excluding carboxylic acids is 1. The summed E-state index contributed by atoms with van der Waals surface area (Å²) >= 11 is 0. The highest BCUT2D eigenvalue weighted by atomic mass is 16.5. The molecule has 2 saturated heterocycles. The molecular formula is C20H29N3O2. The molecule has 136 valence electrons. The standard InChI is InChI=1S/C20H29N3O2/c1-15-4-3-11-23(15)17-8-12-22(13-9-17)20(24)16-7-10-21-19(14-16)25-18-5-2-6-18/h7,10,14-15,17-18H,2-6,8-9,11-13H2,1H3/t15-/m0/s1. The molecular weight excluding hydrogens is 314 g/mol. The molecule has 1 aromatic heterocycles. The lowest BCUT2D eigenvalue weighted by molar-refractivity contribution is 0.0609. The van der Waals surface area contributed by atoms with E-state index in [-0.39, 0.29) is 12.0 Å². The van der Waals surface area contributed by atoms with Crippen molar-refractivity contribution in [2.45, 2.75) is 70.1 Å². The van der Waals surface area contributed by atoms with Gasteiger partial charge in [0, 0.05) is 43.0 Å². The van der Waals surface area contributed by atoms with E-state index in [1.807, 2.05) is 17.0 Å². The second-order valence-corrected chi connectivity index (χ2v) is 7.81. The molecule has 3 aliphatic rings. The van der Waals surface area contributed by atoms with E-state index in [1.54, 1.807) is 6.20 Å². The minimum absolute atomic E-state index is 0.119. The van der Waals surface area contributed by atoms with E-state index >= 15 is 0 Å². The molecule has 5 heteroatoms. The highest BCUT2D eigenvalue weighted by Gasteiger charge is 2.32. The van der Waals surface area contributed by atoms with Crippen LogP contribution in [0.5, 0.6) is 5.88 Å². The Kier molecular flexibility index (Phi) is 4.93. The number of hydrogen-bond donors (Lipinski definition) is 0. The first-order valence-electron chi connectivity index (χ1n) is 9.88. The lowest BCUT2D eigenvalue weighted by Crippen LogP contribution is -2.47. The van der Waals surface area contributed by atoms with Crippen LogP contribution < -0.4 is 4.74 Å². The van der Waals surface area contributed by atoms with Gasteiger partial charge in [-0.1, -0.05) is 0 Å². The number of amides is 1. The summed E-state index contributed by atoms with van der Waals surface area (Å²) in [5, 5.41) is 0. The third-order valence-electron chi connectivity index (χ3n) is 6.15. The minimum Gasteiger partial charge on any atom is -0.474 e. The van der Waals surface area contributed by atoms with E-state index < -0.39 is 0 Å². The Labute approximate surface area is 150 Å². The van der Waals surface area contributed by atoms with Crippen molar-refractivity contribution < 1.29 is 9.53 Å². The smallest absolute Gasteiger partial charge is 0.254 e. The van der Waals surface area contributed by atoms with Crippen LogP contribution in [0.1, 0.15) is 62.2 Å². The number of rotatable bonds is 4. The van der Waals surface area contributed by atoms with Crippen molar-refractivity contribution in [1.82, 2.24) is 14.8 Å². The predicted molar refractivity (Wildman–Crippen MR) is 96.8 cm³/mol. The lowest BCUT2D eigenvalue weighted by atomic mass is 9.96. The number of nitrogens with zero attached hydrogens (tertiary/aromatic N) is 3. The summed E-state index contributed by atoms with van der Waals surface area (Å²) in [7, 11) is 0. The van der Waals surface area contributed by atoms with E-state index in [0.29, 0.717) is 23.5 Å². The molecule has 5 nitrogen and oxygen atoms in total. The number of hydrogen-bond acceptors (Lipinski definition) is 4. The number of likely N-dealkylation sites (tertiary alicyclic amines) is 2. The Bertz CT molecular complexity index is 609. The van der Waals surface area contributed by atoms with Crippen LogP contribution in [0.4, 0.5) is 0 Å². The Balaban J connectivity index is 1.34. The van der Waals surface area contributed by atoms with E-state index in [0.717, 1.165) is 38.8 Å². The summed E-state index contributed by atoms with van der Waals surface area (Å²) in [6.07, 6.45) is 10.2. The average Bonchev–Trinajstić information content (AvgIpc) is 3.04. The summed E-state index contributed by atoms with van der Waals surface area (Å²) < 4.78 is 5.84. The van der Waals surface area contributed by atoms with Crippen molar-refractivity contribution in [3.63, 3.8) is 0 Å². The van der Waals surface area contributed by atoms with Gasteiger partial charge in [-0.25, -0.2) is 4.98 Å². The Hall–Kier alpha value is -1.62. The van der Waals surface area contributed by atoms with Crippen LogP contribution in [0, 0.1) is 0 Å². The van der Waals surface area contributed by atoms with E-state index in [2.05, 4.69) is 16.8 Å². The topological polar surface area (TPSA) is 45.7 Å². The fourth-order valence-corrected chi connectivity index (χ4v) is 4.35. The zero-order valence-electron chi connectivity index (χ0n) is 15.2. The van der Waals surface area contributed by atoms with Crippen molar-refractivity contribution >= 4 is 5.91 Å². The minimum atomic E-state index is 0.119. The third-order valence-corrected chi connectivity index (χ3v) is 6.15. The molecule has 0 bridgehead atoms. The van der Waals surface area contributed by atoms with Crippen LogP contribution in [0.15, 0.2) is 18.3 Å². The molecule has 25 heavy (non-hydrogen) atoms. The fraction of sp³-hybridized carbons (Fsp3) is 0.700. The number of piperidine rings is 1. The largest absolute Gasteiger partial charge is 0.474 e. The molecule has 3 fully saturated rings. The molecule has 0 unspecified atom stereocenters. The zero-order valence-corrected chi connectivity index (χ0v) is 15.2. The monoisotopic (exact) mass is 343 g/mol. The molecule has 1 atom stereocenters. The second kappa shape index (κ2) is 7.32. The first kappa shape index (κ1) is 16.8. The number of pyridine rings is 1. The summed E-state index contributed by atoms with van der Waals surface area (Å²) in [6, 6.07) is 4.98. The van der Waals surface area contributed by atoms with Crippen molar-refractivity contribution in [1.29, 1.82) is 0 Å². The van der Waals surface area contributed by atoms with Crippen molar-refractivity contribution in [3.8, 4) is 5.88 Å². The van der Waals surface area contributed by atoms with Gasteiger partial charge in [0.15, 0.2) is 0 Å². The molecule has 1 amide bonds. The lowest BCUT2D eigenvalue weighted by Gasteiger charge is -2.38. The molecule has 1 aromatic rings. The predicted octanol–water partition coefficient (Wildman–Crippen LogP) is 3.10. The zero-order chi connectivity index (χ0) is 17.2. The van der Waals surface area contributed by atoms with E-state index in [1.165, 1.54) is 25.8 Å². The maximum absolute atomic E-state index is 12.8. The Morgan fingerprint density at radius 2 is 1.92 bits per heavy atom. The van der Waals surface area contributed by atoms with Crippen LogP contribution >= 0.6 is 0 Å². The van der Waals surface area contributed by atoms with E-state index in [4.69, 9.17) is 4.74 Å². The molecule has 4 rings (SSSR count). The first-order valence-corrected chi connectivity index (χ1v) is 9.88. The van der Waals surface area contributed by atoms with Crippen LogP contribution in [-0.2, 0) is 0 Å². The molecule has 1 saturated carbocycles. The van der Waals surface area contributed by atoms with Crippen LogP contribution in [-0.4, -0.2) is 58.5 Å². The fourth-order valence-electron chi connectivity index (χ4n) is 4.35. The summed E-state index contributed by atoms with van der Waals surface area (Å²) in [5.41, 5.74) is 0.706. The molecule has 1 aliphatic carbocycles. The van der Waals surface area contributed by atoms with Crippen molar-refractivity contribution in [2.24, 2.45) is 0 Å². The number of carbonyl (C=O) groups is 1. The first-order chi connectivity index (χ1) is 12.2. The van der Waals surface area contributed by atoms with Crippen molar-refractivity contribution in [2.75, 3.05) is 19.6 Å². The van der Waals surface area contributed by atoms with Crippen LogP contribution in [0.3, 0.4) is 0 Å². The van der Waals surface area contributed by atoms with Gasteiger partial charge in [0.25, 0.3) is 5.91 Å². The summed E-state index contributed by atoms with van der Waals surface area (Å²) in [5.74, 6) is 0.713. The van der Waals surface area contributed by atoms with Gasteiger partial charge >= 0.3 is 0 Å². The quantitative estimate of drug-likeness (QED) is 0.843. The normalized spacial score (nSPS) is 25.8. The van der Waals surface area contributed by atoms with E-state index in [9.17, 15) is 4.79 Å². The maximum atomic E-state index is 12.8. The van der Waals surface area contributed by atoms with Gasteiger partial charge in [0.2, 0.25) is 5.88 Å². The molecule has 2 aliphatic heterocycles. The Morgan fingerprint density at radius 1 is 1.12 bits per heavy atom. The molecule has 0 N–H and O–H groups in total. The maximum Gasteiger partial charge on any atom is 0.254 e. The van der Waals surface area contributed by atoms with Crippen LogP contribution in [0.2, 0.25) is 0 Å². The number of ether oxygens (including phenoxy) is 1. The summed E-state index contributed by atoms with van der Waals surface area (Å²) in [4.78, 5) is 21.8. The van der Waals surface area contributed by atoms with Gasteiger partial charge in [-0.05, 0) is 64.5 Å². The van der Waals surface area contributed by atoms with Gasteiger partial charge in [0.1, 0.15) is 6.10 Å². The molecule has 0 radical (unpaired) electrons. The summed E-state index contributed by atoms with van der Waals surface area (Å²) in [6.45, 7) is 5.28. The SMILES string of the molecule is C[C@H]1CCCN1C1CCN(C(=O)c2ccnc(OC3CCC3)c2)CC1. The highest BCUT2D eigenvalue weighted by molar-refractivity contribution is 5.94. The number of aromatic nitrogens is 1. The van der Waals surface area contributed by atoms with Gasteiger partial charge in [-0.15, -0.1) is 0 Å². The van der Waals surface area contributed by atoms with Gasteiger partial charge in [-0.3, -0.25) is 9.69 Å². The molecule has 0 aromatic carbocycles. The Morgan fingerprint density at radius 3 is 2.56 bits per heavy atom. The second-order valence-electron chi connectivity index (χ2n) is 7.81. The van der Waals surface area contributed by atoms with Crippen molar-refractivity contribution in [3.05, 3.63) is 23.9 Å². The third kappa shape index (κ3) is 3.66. The highest BCUT2D eigenvalue weighted by Crippen LogP contribution is 2.27. The van der Waals surface area contributed by atoms with Gasteiger partial charge in [-0.2, -0.15) is 0 Å².